The van der Waals surface area contributed by atoms with Crippen molar-refractivity contribution in [1.82, 2.24) is 10.4 Å². The lowest BCUT2D eigenvalue weighted by Gasteiger charge is -2.13. The van der Waals surface area contributed by atoms with Crippen LogP contribution >= 0.6 is 0 Å². The monoisotopic (exact) mass is 411 g/mol. The average molecular weight is 411 g/mol. The number of fused-ring (bicyclic) bond motifs is 1. The lowest BCUT2D eigenvalue weighted by atomic mass is 10.1. The zero-order valence-corrected chi connectivity index (χ0v) is 16.9. The number of pyridine rings is 1. The molecule has 6 nitrogen and oxygen atoms in total. The predicted octanol–water partition coefficient (Wildman–Crippen LogP) is 4.11. The number of para-hydroxylation sites is 1. The zero-order chi connectivity index (χ0) is 21.6. The maximum Gasteiger partial charge on any atom is 0.280 e. The van der Waals surface area contributed by atoms with Gasteiger partial charge in [0, 0.05) is 5.52 Å². The fourth-order valence-electron chi connectivity index (χ4n) is 3.13. The molecule has 31 heavy (non-hydrogen) atoms. The van der Waals surface area contributed by atoms with E-state index in [9.17, 15) is 9.59 Å². The van der Waals surface area contributed by atoms with Crippen LogP contribution in [0.15, 0.2) is 94.8 Å². The molecular weight excluding hydrogens is 390 g/mol. The molecule has 0 bridgehead atoms. The predicted molar refractivity (Wildman–Crippen MR) is 122 cm³/mol. The lowest BCUT2D eigenvalue weighted by Crippen LogP contribution is -2.33. The van der Waals surface area contributed by atoms with Crippen LogP contribution in [-0.2, 0) is 4.79 Å². The second-order valence-electron chi connectivity index (χ2n) is 7.03. The van der Waals surface area contributed by atoms with Crippen LogP contribution in [0.25, 0.3) is 22.0 Å². The molecule has 1 amide bonds. The maximum absolute atomic E-state index is 12.3. The van der Waals surface area contributed by atoms with Gasteiger partial charge in [0.05, 0.1) is 11.8 Å². The number of nitrogens with one attached hydrogen (secondary N) is 2. The summed E-state index contributed by atoms with van der Waals surface area (Å²) in [4.78, 5) is 27.2. The molecule has 0 aliphatic carbocycles. The number of hydrazone groups is 1. The van der Waals surface area contributed by atoms with Gasteiger partial charge in [0.15, 0.2) is 6.10 Å². The van der Waals surface area contributed by atoms with Crippen molar-refractivity contribution in [3.63, 3.8) is 0 Å². The van der Waals surface area contributed by atoms with Crippen LogP contribution in [0.1, 0.15) is 12.5 Å². The first-order chi connectivity index (χ1) is 15.1. The van der Waals surface area contributed by atoms with Crippen LogP contribution in [0.2, 0.25) is 0 Å². The molecule has 0 saturated carbocycles. The SMILES string of the molecule is C[C@@H](Oc1ccc(-c2ccccc2)cc1)C(=O)N/N=C\c1cc2ccccc2[nH]c1=O. The Hall–Kier alpha value is -4.19. The van der Waals surface area contributed by atoms with E-state index in [-0.39, 0.29) is 5.56 Å². The molecular formula is C25H21N3O3. The fraction of sp³-hybridized carbons (Fsp3) is 0.0800. The first kappa shape index (κ1) is 20.1. The van der Waals surface area contributed by atoms with Crippen molar-refractivity contribution in [2.75, 3.05) is 0 Å². The van der Waals surface area contributed by atoms with Gasteiger partial charge in [0.25, 0.3) is 11.5 Å². The minimum absolute atomic E-state index is 0.278. The third-order valence-corrected chi connectivity index (χ3v) is 4.80. The second kappa shape index (κ2) is 9.09. The van der Waals surface area contributed by atoms with Crippen molar-refractivity contribution in [2.24, 2.45) is 5.10 Å². The molecule has 0 aliphatic rings. The largest absolute Gasteiger partial charge is 0.481 e. The van der Waals surface area contributed by atoms with Crippen LogP contribution < -0.4 is 15.7 Å². The standard InChI is InChI=1S/C25H21N3O3/c1-17(31-22-13-11-19(12-14-22)18-7-3-2-4-8-18)24(29)28-26-16-21-15-20-9-5-6-10-23(20)27-25(21)30/h2-17H,1H3,(H,27,30)(H,28,29)/b26-16-/t17-/m1/s1. The summed E-state index contributed by atoms with van der Waals surface area (Å²) in [6, 6.07) is 26.7. The summed E-state index contributed by atoms with van der Waals surface area (Å²) in [6.45, 7) is 1.64. The van der Waals surface area contributed by atoms with Crippen LogP contribution in [0.5, 0.6) is 5.75 Å². The highest BCUT2D eigenvalue weighted by Crippen LogP contribution is 2.22. The Morgan fingerprint density at radius 2 is 1.65 bits per heavy atom. The smallest absolute Gasteiger partial charge is 0.280 e. The number of carbonyl (C=O) groups is 1. The third-order valence-electron chi connectivity index (χ3n) is 4.80. The highest BCUT2D eigenvalue weighted by molar-refractivity contribution is 5.88. The number of amides is 1. The normalized spacial score (nSPS) is 12.0. The van der Waals surface area contributed by atoms with Gasteiger partial charge >= 0.3 is 0 Å². The van der Waals surface area contributed by atoms with E-state index in [1.165, 1.54) is 6.21 Å². The van der Waals surface area contributed by atoms with E-state index >= 15 is 0 Å². The zero-order valence-electron chi connectivity index (χ0n) is 16.9. The van der Waals surface area contributed by atoms with Gasteiger partial charge in [-0.3, -0.25) is 9.59 Å². The Labute approximate surface area is 179 Å². The molecule has 1 atom stereocenters. The van der Waals surface area contributed by atoms with Crippen LogP contribution in [0, 0.1) is 0 Å². The highest BCUT2D eigenvalue weighted by atomic mass is 16.5. The molecule has 0 radical (unpaired) electrons. The topological polar surface area (TPSA) is 83.5 Å². The van der Waals surface area contributed by atoms with Crippen LogP contribution in [-0.4, -0.2) is 23.2 Å². The fourth-order valence-corrected chi connectivity index (χ4v) is 3.13. The molecule has 0 unspecified atom stereocenters. The number of nitrogens with zero attached hydrogens (tertiary/aromatic N) is 1. The van der Waals surface area contributed by atoms with Gasteiger partial charge in [-0.25, -0.2) is 5.43 Å². The van der Waals surface area contributed by atoms with Crippen LogP contribution in [0.4, 0.5) is 0 Å². The van der Waals surface area contributed by atoms with Crippen molar-refractivity contribution in [1.29, 1.82) is 0 Å². The molecule has 0 aliphatic heterocycles. The summed E-state index contributed by atoms with van der Waals surface area (Å²) in [5, 5.41) is 4.78. The van der Waals surface area contributed by atoms with Crippen molar-refractivity contribution in [3.8, 4) is 16.9 Å². The molecule has 154 valence electrons. The Kier molecular flexibility index (Phi) is 5.89. The van der Waals surface area contributed by atoms with E-state index in [4.69, 9.17) is 4.74 Å². The van der Waals surface area contributed by atoms with Crippen molar-refractivity contribution in [2.45, 2.75) is 13.0 Å². The van der Waals surface area contributed by atoms with E-state index in [0.717, 1.165) is 22.0 Å². The molecule has 0 saturated heterocycles. The Morgan fingerprint density at radius 1 is 0.968 bits per heavy atom. The van der Waals surface area contributed by atoms with Gasteiger partial charge in [0.1, 0.15) is 5.75 Å². The summed E-state index contributed by atoms with van der Waals surface area (Å²) >= 11 is 0. The number of aromatic nitrogens is 1. The van der Waals surface area contributed by atoms with E-state index < -0.39 is 12.0 Å². The summed E-state index contributed by atoms with van der Waals surface area (Å²) in [6.07, 6.45) is 0.569. The number of aromatic amines is 1. The van der Waals surface area contributed by atoms with Gasteiger partial charge < -0.3 is 9.72 Å². The third kappa shape index (κ3) is 4.87. The molecule has 3 aromatic carbocycles. The summed E-state index contributed by atoms with van der Waals surface area (Å²) in [7, 11) is 0. The van der Waals surface area contributed by atoms with Gasteiger partial charge in [-0.15, -0.1) is 0 Å². The van der Waals surface area contributed by atoms with Gasteiger partial charge in [-0.1, -0.05) is 60.7 Å². The van der Waals surface area contributed by atoms with Gasteiger partial charge in [0.2, 0.25) is 0 Å². The van der Waals surface area contributed by atoms with E-state index in [1.807, 2.05) is 78.9 Å². The minimum Gasteiger partial charge on any atom is -0.481 e. The van der Waals surface area contributed by atoms with Crippen LogP contribution in [0.3, 0.4) is 0 Å². The van der Waals surface area contributed by atoms with Crippen molar-refractivity contribution < 1.29 is 9.53 Å². The quantitative estimate of drug-likeness (QED) is 0.370. The highest BCUT2D eigenvalue weighted by Gasteiger charge is 2.14. The first-order valence-corrected chi connectivity index (χ1v) is 9.87. The molecule has 4 rings (SSSR count). The van der Waals surface area contributed by atoms with Crippen molar-refractivity contribution in [3.05, 3.63) is 101 Å². The minimum atomic E-state index is -0.755. The summed E-state index contributed by atoms with van der Waals surface area (Å²) < 4.78 is 5.70. The Balaban J connectivity index is 1.36. The molecule has 1 heterocycles. The number of H-pyrrole nitrogens is 1. The molecule has 1 aromatic heterocycles. The van der Waals surface area contributed by atoms with Gasteiger partial charge in [-0.05, 0) is 47.7 Å². The Bertz CT molecular complexity index is 1280. The van der Waals surface area contributed by atoms with E-state index in [2.05, 4.69) is 15.5 Å². The molecule has 4 aromatic rings. The number of carbonyl (C=O) groups excluding carboxylic acids is 1. The molecule has 6 heteroatoms. The molecule has 0 fully saturated rings. The summed E-state index contributed by atoms with van der Waals surface area (Å²) in [5.74, 6) is 0.165. The number of hydrogen-bond acceptors (Lipinski definition) is 4. The number of benzene rings is 3. The molecule has 2 N–H and O–H groups in total. The Morgan fingerprint density at radius 3 is 2.42 bits per heavy atom. The number of hydrogen-bond donors (Lipinski definition) is 2. The number of ether oxygens (including phenoxy) is 1. The second-order valence-corrected chi connectivity index (χ2v) is 7.03. The number of rotatable bonds is 6. The summed E-state index contributed by atoms with van der Waals surface area (Å²) in [5.41, 5.74) is 5.41. The molecule has 0 spiro atoms. The average Bonchev–Trinajstić information content (AvgIpc) is 2.80. The van der Waals surface area contributed by atoms with Gasteiger partial charge in [-0.2, -0.15) is 5.10 Å². The van der Waals surface area contributed by atoms with E-state index in [1.54, 1.807) is 13.0 Å². The van der Waals surface area contributed by atoms with Crippen molar-refractivity contribution >= 4 is 23.0 Å². The maximum atomic E-state index is 12.3. The van der Waals surface area contributed by atoms with E-state index in [0.29, 0.717) is 11.3 Å². The lowest BCUT2D eigenvalue weighted by molar-refractivity contribution is -0.127. The first-order valence-electron chi connectivity index (χ1n) is 9.87.